The first-order valence-electron chi connectivity index (χ1n) is 11.5. The second-order valence-electron chi connectivity index (χ2n) is 8.56. The molecule has 0 saturated heterocycles. The van der Waals surface area contributed by atoms with Crippen LogP contribution in [0, 0.1) is 6.92 Å². The molecule has 0 radical (unpaired) electrons. The normalized spacial score (nSPS) is 13.1. The molecular weight excluding hydrogens is 554 g/mol. The van der Waals surface area contributed by atoms with Gasteiger partial charge in [0.15, 0.2) is 0 Å². The lowest BCUT2D eigenvalue weighted by molar-refractivity contribution is -0.140. The van der Waals surface area contributed by atoms with Crippen LogP contribution in [0.25, 0.3) is 0 Å². The van der Waals surface area contributed by atoms with Gasteiger partial charge < -0.3 is 10.2 Å². The van der Waals surface area contributed by atoms with Crippen molar-refractivity contribution >= 4 is 55.1 Å². The zero-order chi connectivity index (χ0) is 26.3. The van der Waals surface area contributed by atoms with E-state index in [1.165, 1.54) is 4.90 Å². The molecule has 0 aliphatic heterocycles. The molecule has 0 aromatic heterocycles. The fourth-order valence-corrected chi connectivity index (χ4v) is 4.85. The Bertz CT molecular complexity index is 1160. The Kier molecular flexibility index (Phi) is 10.6. The number of carbonyl (C=O) groups excluding carboxylic acids is 2. The Labute approximate surface area is 222 Å². The highest BCUT2D eigenvalue weighted by Gasteiger charge is 2.32. The number of nitrogens with zero attached hydrogens (tertiary/aromatic N) is 2. The lowest BCUT2D eigenvalue weighted by Gasteiger charge is -2.33. The van der Waals surface area contributed by atoms with Crippen molar-refractivity contribution in [2.24, 2.45) is 0 Å². The minimum Gasteiger partial charge on any atom is -0.352 e. The van der Waals surface area contributed by atoms with Crippen molar-refractivity contribution in [2.75, 3.05) is 17.1 Å². The monoisotopic (exact) mass is 585 g/mol. The van der Waals surface area contributed by atoms with E-state index in [0.717, 1.165) is 27.0 Å². The summed E-state index contributed by atoms with van der Waals surface area (Å²) in [5, 5.41) is 3.41. The van der Waals surface area contributed by atoms with Crippen molar-refractivity contribution in [2.45, 2.75) is 59.2 Å². The minimum atomic E-state index is -3.79. The number of aryl methyl sites for hydroxylation is 1. The Hall–Kier alpha value is -2.10. The van der Waals surface area contributed by atoms with E-state index in [2.05, 4.69) is 21.2 Å². The molecule has 0 aliphatic rings. The van der Waals surface area contributed by atoms with Gasteiger partial charge in [-0.05, 0) is 62.1 Å². The Morgan fingerprint density at radius 3 is 2.31 bits per heavy atom. The summed E-state index contributed by atoms with van der Waals surface area (Å²) in [6.07, 6.45) is 2.16. The average molecular weight is 587 g/mol. The maximum atomic E-state index is 13.7. The average Bonchev–Trinajstić information content (AvgIpc) is 2.79. The number of hydrogen-bond acceptors (Lipinski definition) is 4. The molecule has 2 rings (SSSR count). The summed E-state index contributed by atoms with van der Waals surface area (Å²) in [6.45, 7) is 7.14. The molecule has 0 bridgehead atoms. The van der Waals surface area contributed by atoms with E-state index < -0.39 is 28.5 Å². The molecule has 1 N–H and O–H groups in total. The maximum absolute atomic E-state index is 13.7. The summed E-state index contributed by atoms with van der Waals surface area (Å²) in [4.78, 5) is 28.2. The van der Waals surface area contributed by atoms with Crippen LogP contribution in [0.2, 0.25) is 5.02 Å². The molecule has 2 aromatic carbocycles. The summed E-state index contributed by atoms with van der Waals surface area (Å²) in [7, 11) is -3.79. The van der Waals surface area contributed by atoms with E-state index in [0.29, 0.717) is 22.7 Å². The summed E-state index contributed by atoms with van der Waals surface area (Å²) < 4.78 is 27.3. The van der Waals surface area contributed by atoms with Gasteiger partial charge >= 0.3 is 0 Å². The molecule has 0 spiro atoms. The van der Waals surface area contributed by atoms with E-state index in [4.69, 9.17) is 11.6 Å². The molecule has 35 heavy (non-hydrogen) atoms. The summed E-state index contributed by atoms with van der Waals surface area (Å²) in [5.74, 6) is -0.783. The SMILES string of the molecule is CC[C@@H](C)NC(=O)[C@@H](CC)N(Cc1ccccc1Cl)C(=O)CN(c1ccc(Br)c(C)c1)S(C)(=O)=O. The van der Waals surface area contributed by atoms with Crippen LogP contribution in [0.1, 0.15) is 44.7 Å². The highest BCUT2D eigenvalue weighted by atomic mass is 79.9. The molecular formula is C25H33BrClN3O4S. The molecule has 0 saturated carbocycles. The highest BCUT2D eigenvalue weighted by Crippen LogP contribution is 2.26. The topological polar surface area (TPSA) is 86.8 Å². The lowest BCUT2D eigenvalue weighted by Crippen LogP contribution is -2.53. The summed E-state index contributed by atoms with van der Waals surface area (Å²) in [5.41, 5.74) is 1.87. The van der Waals surface area contributed by atoms with Crippen LogP contribution in [0.5, 0.6) is 0 Å². The molecule has 192 valence electrons. The fraction of sp³-hybridized carbons (Fsp3) is 0.440. The highest BCUT2D eigenvalue weighted by molar-refractivity contribution is 9.10. The van der Waals surface area contributed by atoms with Gasteiger partial charge in [-0.2, -0.15) is 0 Å². The molecule has 2 aromatic rings. The van der Waals surface area contributed by atoms with Crippen molar-refractivity contribution in [3.63, 3.8) is 0 Å². The predicted molar refractivity (Wildman–Crippen MR) is 145 cm³/mol. The van der Waals surface area contributed by atoms with Crippen molar-refractivity contribution in [1.29, 1.82) is 0 Å². The third kappa shape index (κ3) is 7.95. The molecule has 0 unspecified atom stereocenters. The standard InChI is InChI=1S/C25H33BrClN3O4S/c1-6-18(4)28-25(32)23(7-2)29(15-19-10-8-9-11-22(19)27)24(31)16-30(35(5,33)34)20-12-13-21(26)17(3)14-20/h8-14,18,23H,6-7,15-16H2,1-5H3,(H,28,32)/t18-,23-/m1/s1. The number of hydrogen-bond donors (Lipinski definition) is 1. The van der Waals surface area contributed by atoms with Gasteiger partial charge in [-0.15, -0.1) is 0 Å². The van der Waals surface area contributed by atoms with Gasteiger partial charge in [-0.1, -0.05) is 59.6 Å². The smallest absolute Gasteiger partial charge is 0.244 e. The largest absolute Gasteiger partial charge is 0.352 e. The number of nitrogens with one attached hydrogen (secondary N) is 1. The number of halogens is 2. The molecule has 0 fully saturated rings. The third-order valence-corrected chi connectivity index (χ3v) is 8.19. The molecule has 2 atom stereocenters. The van der Waals surface area contributed by atoms with Crippen molar-refractivity contribution in [3.8, 4) is 0 Å². The molecule has 10 heteroatoms. The number of amides is 2. The van der Waals surface area contributed by atoms with Gasteiger partial charge in [-0.3, -0.25) is 13.9 Å². The van der Waals surface area contributed by atoms with Crippen LogP contribution in [0.3, 0.4) is 0 Å². The molecule has 0 aliphatic carbocycles. The van der Waals surface area contributed by atoms with E-state index >= 15 is 0 Å². The number of rotatable bonds is 11. The zero-order valence-corrected chi connectivity index (χ0v) is 23.9. The van der Waals surface area contributed by atoms with Crippen molar-refractivity contribution in [1.82, 2.24) is 10.2 Å². The third-order valence-electron chi connectivity index (χ3n) is 5.79. The second-order valence-corrected chi connectivity index (χ2v) is 11.7. The number of anilines is 1. The first-order valence-corrected chi connectivity index (χ1v) is 14.5. The number of sulfonamides is 1. The van der Waals surface area contributed by atoms with E-state index in [9.17, 15) is 18.0 Å². The van der Waals surface area contributed by atoms with Crippen LogP contribution in [0.15, 0.2) is 46.9 Å². The zero-order valence-electron chi connectivity index (χ0n) is 20.7. The Morgan fingerprint density at radius 1 is 1.11 bits per heavy atom. The second kappa shape index (κ2) is 12.7. The van der Waals surface area contributed by atoms with Gasteiger partial charge in [-0.25, -0.2) is 8.42 Å². The quantitative estimate of drug-likeness (QED) is 0.406. The van der Waals surface area contributed by atoms with Crippen LogP contribution in [-0.2, 0) is 26.2 Å². The molecule has 7 nitrogen and oxygen atoms in total. The molecule has 2 amide bonds. The van der Waals surface area contributed by atoms with Gasteiger partial charge in [0, 0.05) is 22.1 Å². The van der Waals surface area contributed by atoms with E-state index in [1.54, 1.807) is 42.5 Å². The van der Waals surface area contributed by atoms with E-state index in [1.807, 2.05) is 27.7 Å². The van der Waals surface area contributed by atoms with Crippen LogP contribution < -0.4 is 9.62 Å². The van der Waals surface area contributed by atoms with Gasteiger partial charge in [0.05, 0.1) is 11.9 Å². The summed E-state index contributed by atoms with van der Waals surface area (Å²) >= 11 is 9.78. The van der Waals surface area contributed by atoms with Crippen molar-refractivity contribution in [3.05, 3.63) is 63.1 Å². The van der Waals surface area contributed by atoms with Gasteiger partial charge in [0.1, 0.15) is 12.6 Å². The van der Waals surface area contributed by atoms with Crippen LogP contribution in [0.4, 0.5) is 5.69 Å². The fourth-order valence-electron chi connectivity index (χ4n) is 3.57. The first kappa shape index (κ1) is 29.1. The number of carbonyl (C=O) groups is 2. The van der Waals surface area contributed by atoms with E-state index in [-0.39, 0.29) is 18.5 Å². The Balaban J connectivity index is 2.47. The van der Waals surface area contributed by atoms with Crippen LogP contribution in [-0.4, -0.2) is 50.0 Å². The van der Waals surface area contributed by atoms with Gasteiger partial charge in [0.25, 0.3) is 0 Å². The molecule has 0 heterocycles. The maximum Gasteiger partial charge on any atom is 0.244 e. The Morgan fingerprint density at radius 2 is 1.77 bits per heavy atom. The lowest BCUT2D eigenvalue weighted by atomic mass is 10.1. The number of benzene rings is 2. The summed E-state index contributed by atoms with van der Waals surface area (Å²) in [6, 6.07) is 11.3. The van der Waals surface area contributed by atoms with Crippen LogP contribution >= 0.6 is 27.5 Å². The van der Waals surface area contributed by atoms with Crippen molar-refractivity contribution < 1.29 is 18.0 Å². The predicted octanol–water partition coefficient (Wildman–Crippen LogP) is 4.90. The minimum absolute atomic E-state index is 0.0629. The van der Waals surface area contributed by atoms with Gasteiger partial charge in [0.2, 0.25) is 21.8 Å². The first-order chi connectivity index (χ1) is 16.4.